The van der Waals surface area contributed by atoms with Crippen molar-refractivity contribution in [2.24, 2.45) is 4.99 Å². The maximum absolute atomic E-state index is 4.51. The lowest BCUT2D eigenvalue weighted by atomic mass is 10.2. The molecule has 2 rings (SSSR count). The van der Waals surface area contributed by atoms with E-state index in [1.165, 1.54) is 44.3 Å². The highest BCUT2D eigenvalue weighted by atomic mass is 15.1. The van der Waals surface area contributed by atoms with Gasteiger partial charge in [-0.15, -0.1) is 0 Å². The predicted octanol–water partition coefficient (Wildman–Crippen LogP) is 3.09. The zero-order valence-corrected chi connectivity index (χ0v) is 9.81. The average molecular weight is 216 g/mol. The fraction of sp³-hybridized carbons (Fsp3) is 0.500. The van der Waals surface area contributed by atoms with Crippen LogP contribution >= 0.6 is 0 Å². The van der Waals surface area contributed by atoms with Crippen LogP contribution in [0.5, 0.6) is 0 Å². The minimum atomic E-state index is 0.803. The first-order chi connectivity index (χ1) is 7.95. The summed E-state index contributed by atoms with van der Waals surface area (Å²) in [6.07, 6.45) is 7.43. The van der Waals surface area contributed by atoms with Crippen LogP contribution in [-0.4, -0.2) is 24.3 Å². The molecule has 0 saturated carbocycles. The molecule has 1 aromatic carbocycles. The number of likely N-dealkylation sites (tertiary alicyclic amines) is 1. The van der Waals surface area contributed by atoms with Gasteiger partial charge in [-0.3, -0.25) is 4.99 Å². The van der Waals surface area contributed by atoms with Gasteiger partial charge in [-0.25, -0.2) is 0 Å². The van der Waals surface area contributed by atoms with Crippen molar-refractivity contribution in [3.8, 4) is 0 Å². The first-order valence-corrected chi connectivity index (χ1v) is 6.23. The van der Waals surface area contributed by atoms with E-state index < -0.39 is 0 Å². The molecular weight excluding hydrogens is 196 g/mol. The molecule has 2 heteroatoms. The van der Waals surface area contributed by atoms with Gasteiger partial charge in [0.1, 0.15) is 0 Å². The molecule has 1 saturated heterocycles. The molecule has 1 aliphatic heterocycles. The van der Waals surface area contributed by atoms with E-state index in [4.69, 9.17) is 0 Å². The number of nitrogens with zero attached hydrogens (tertiary/aromatic N) is 2. The number of hydrogen-bond acceptors (Lipinski definition) is 1. The van der Waals surface area contributed by atoms with E-state index in [-0.39, 0.29) is 0 Å². The Labute approximate surface area is 98.0 Å². The van der Waals surface area contributed by atoms with Gasteiger partial charge in [-0.05, 0) is 18.4 Å². The summed E-state index contributed by atoms with van der Waals surface area (Å²) >= 11 is 0. The Morgan fingerprint density at radius 1 is 1.00 bits per heavy atom. The number of benzene rings is 1. The molecule has 1 heterocycles. The summed E-state index contributed by atoms with van der Waals surface area (Å²) in [7, 11) is 0. The summed E-state index contributed by atoms with van der Waals surface area (Å²) in [4.78, 5) is 6.86. The van der Waals surface area contributed by atoms with Gasteiger partial charge >= 0.3 is 0 Å². The van der Waals surface area contributed by atoms with Crippen molar-refractivity contribution in [3.05, 3.63) is 35.9 Å². The Morgan fingerprint density at radius 3 is 2.38 bits per heavy atom. The average Bonchev–Trinajstić information content (AvgIpc) is 2.59. The van der Waals surface area contributed by atoms with Gasteiger partial charge < -0.3 is 4.90 Å². The van der Waals surface area contributed by atoms with Gasteiger partial charge in [0.25, 0.3) is 0 Å². The zero-order valence-electron chi connectivity index (χ0n) is 9.81. The van der Waals surface area contributed by atoms with E-state index in [0.29, 0.717) is 0 Å². The predicted molar refractivity (Wildman–Crippen MR) is 68.7 cm³/mol. The highest BCUT2D eigenvalue weighted by Crippen LogP contribution is 2.08. The molecule has 2 nitrogen and oxygen atoms in total. The second-order valence-corrected chi connectivity index (χ2v) is 4.39. The van der Waals surface area contributed by atoms with E-state index in [1.807, 2.05) is 12.4 Å². The summed E-state index contributed by atoms with van der Waals surface area (Å²) in [5.41, 5.74) is 1.29. The van der Waals surface area contributed by atoms with Crippen molar-refractivity contribution < 1.29 is 0 Å². The molecule has 0 unspecified atom stereocenters. The first-order valence-electron chi connectivity index (χ1n) is 6.23. The molecule has 0 amide bonds. The molecule has 0 aromatic heterocycles. The van der Waals surface area contributed by atoms with Gasteiger partial charge in [-0.1, -0.05) is 43.2 Å². The standard InChI is InChI=1S/C14H20N2/c1-2-7-11-16(10-6-1)13-15-12-14-8-4-3-5-9-14/h3-5,8-9,13H,1-2,6-7,10-12H2. The van der Waals surface area contributed by atoms with E-state index in [9.17, 15) is 0 Å². The zero-order chi connectivity index (χ0) is 11.1. The summed E-state index contributed by atoms with van der Waals surface area (Å²) < 4.78 is 0. The first kappa shape index (κ1) is 11.2. The van der Waals surface area contributed by atoms with Gasteiger partial charge in [0.05, 0.1) is 12.9 Å². The third kappa shape index (κ3) is 3.69. The highest BCUT2D eigenvalue weighted by molar-refractivity contribution is 5.54. The fourth-order valence-corrected chi connectivity index (χ4v) is 2.06. The maximum atomic E-state index is 4.51. The topological polar surface area (TPSA) is 15.6 Å². The molecule has 86 valence electrons. The van der Waals surface area contributed by atoms with Crippen LogP contribution in [-0.2, 0) is 6.54 Å². The lowest BCUT2D eigenvalue weighted by molar-refractivity contribution is 0.446. The van der Waals surface area contributed by atoms with Gasteiger partial charge in [-0.2, -0.15) is 0 Å². The monoisotopic (exact) mass is 216 g/mol. The van der Waals surface area contributed by atoms with Crippen molar-refractivity contribution >= 4 is 6.34 Å². The van der Waals surface area contributed by atoms with Crippen LogP contribution < -0.4 is 0 Å². The van der Waals surface area contributed by atoms with Crippen LogP contribution in [0.1, 0.15) is 31.2 Å². The van der Waals surface area contributed by atoms with Crippen molar-refractivity contribution in [2.45, 2.75) is 32.2 Å². The Morgan fingerprint density at radius 2 is 1.69 bits per heavy atom. The summed E-state index contributed by atoms with van der Waals surface area (Å²) in [5.74, 6) is 0. The second-order valence-electron chi connectivity index (χ2n) is 4.39. The Bertz CT molecular complexity index is 311. The minimum absolute atomic E-state index is 0.803. The van der Waals surface area contributed by atoms with E-state index in [1.54, 1.807) is 0 Å². The summed E-state index contributed by atoms with van der Waals surface area (Å²) in [5, 5.41) is 0. The molecular formula is C14H20N2. The normalized spacial score (nSPS) is 17.6. The highest BCUT2D eigenvalue weighted by Gasteiger charge is 2.04. The van der Waals surface area contributed by atoms with Gasteiger partial charge in [0, 0.05) is 13.1 Å². The van der Waals surface area contributed by atoms with Crippen molar-refractivity contribution in [1.82, 2.24) is 4.90 Å². The van der Waals surface area contributed by atoms with Crippen LogP contribution in [0.15, 0.2) is 35.3 Å². The van der Waals surface area contributed by atoms with E-state index in [0.717, 1.165) is 6.54 Å². The quantitative estimate of drug-likeness (QED) is 0.560. The van der Waals surface area contributed by atoms with Gasteiger partial charge in [0.15, 0.2) is 0 Å². The van der Waals surface area contributed by atoms with E-state index in [2.05, 4.69) is 34.2 Å². The van der Waals surface area contributed by atoms with Crippen molar-refractivity contribution in [1.29, 1.82) is 0 Å². The molecule has 16 heavy (non-hydrogen) atoms. The Kier molecular flexibility index (Phi) is 4.41. The molecule has 1 aromatic rings. The molecule has 1 fully saturated rings. The van der Waals surface area contributed by atoms with Crippen molar-refractivity contribution in [2.75, 3.05) is 13.1 Å². The number of hydrogen-bond donors (Lipinski definition) is 0. The molecule has 0 spiro atoms. The summed E-state index contributed by atoms with van der Waals surface area (Å²) in [6, 6.07) is 10.4. The third-order valence-electron chi connectivity index (χ3n) is 3.00. The third-order valence-corrected chi connectivity index (χ3v) is 3.00. The Balaban J connectivity index is 1.80. The lowest BCUT2D eigenvalue weighted by Crippen LogP contribution is -2.22. The largest absolute Gasteiger partial charge is 0.363 e. The van der Waals surface area contributed by atoms with Crippen LogP contribution in [0.3, 0.4) is 0 Å². The molecule has 0 atom stereocenters. The SMILES string of the molecule is C(=NCc1ccccc1)N1CCCCCC1. The molecule has 0 aliphatic carbocycles. The second kappa shape index (κ2) is 6.31. The minimum Gasteiger partial charge on any atom is -0.363 e. The smallest absolute Gasteiger partial charge is 0.0853 e. The molecule has 1 aliphatic rings. The van der Waals surface area contributed by atoms with Crippen LogP contribution in [0.25, 0.3) is 0 Å². The number of aliphatic imine (C=N–C) groups is 1. The van der Waals surface area contributed by atoms with Crippen LogP contribution in [0.2, 0.25) is 0 Å². The molecule has 0 bridgehead atoms. The van der Waals surface area contributed by atoms with Gasteiger partial charge in [0.2, 0.25) is 0 Å². The number of rotatable bonds is 3. The Hall–Kier alpha value is -1.31. The van der Waals surface area contributed by atoms with E-state index >= 15 is 0 Å². The molecule has 0 radical (unpaired) electrons. The maximum Gasteiger partial charge on any atom is 0.0853 e. The molecule has 0 N–H and O–H groups in total. The van der Waals surface area contributed by atoms with Crippen molar-refractivity contribution in [3.63, 3.8) is 0 Å². The van der Waals surface area contributed by atoms with Crippen LogP contribution in [0.4, 0.5) is 0 Å². The summed E-state index contributed by atoms with van der Waals surface area (Å²) in [6.45, 7) is 3.16. The van der Waals surface area contributed by atoms with Crippen LogP contribution in [0, 0.1) is 0 Å². The fourth-order valence-electron chi connectivity index (χ4n) is 2.06. The lowest BCUT2D eigenvalue weighted by Gasteiger charge is -2.15.